The first-order valence-electron chi connectivity index (χ1n) is 8.01. The first kappa shape index (κ1) is 16.8. The smallest absolute Gasteiger partial charge is 0.410 e. The molecule has 0 bridgehead atoms. The Bertz CT molecular complexity index is 485. The molecular weight excluding hydrogens is 278 g/mol. The van der Waals surface area contributed by atoms with Crippen molar-refractivity contribution >= 4 is 6.09 Å². The predicted octanol–water partition coefficient (Wildman–Crippen LogP) is 3.34. The van der Waals surface area contributed by atoms with Crippen LogP contribution in [0.5, 0.6) is 0 Å². The summed E-state index contributed by atoms with van der Waals surface area (Å²) in [4.78, 5) is 14.0. The first-order chi connectivity index (χ1) is 10.4. The minimum Gasteiger partial charge on any atom is -0.444 e. The van der Waals surface area contributed by atoms with E-state index in [0.717, 1.165) is 19.3 Å². The molecule has 0 aliphatic carbocycles. The number of hydrogen-bond donors (Lipinski definition) is 1. The summed E-state index contributed by atoms with van der Waals surface area (Å²) in [5, 5.41) is 9.47. The molecule has 0 aromatic heterocycles. The molecule has 0 saturated carbocycles. The highest BCUT2D eigenvalue weighted by molar-refractivity contribution is 5.68. The third-order valence-electron chi connectivity index (χ3n) is 4.35. The Morgan fingerprint density at radius 3 is 2.32 bits per heavy atom. The zero-order valence-electron chi connectivity index (χ0n) is 13.8. The average molecular weight is 305 g/mol. The molecule has 1 aromatic rings. The fraction of sp³-hybridized carbons (Fsp3) is 0.611. The highest BCUT2D eigenvalue weighted by Gasteiger charge is 2.37. The minimum absolute atomic E-state index is 0.0332. The molecule has 122 valence electrons. The summed E-state index contributed by atoms with van der Waals surface area (Å²) in [6, 6.07) is 10.3. The monoisotopic (exact) mass is 305 g/mol. The highest BCUT2D eigenvalue weighted by atomic mass is 16.6. The molecule has 4 nitrogen and oxygen atoms in total. The van der Waals surface area contributed by atoms with Crippen molar-refractivity contribution in [3.8, 4) is 0 Å². The van der Waals surface area contributed by atoms with E-state index in [1.165, 1.54) is 5.56 Å². The second kappa shape index (κ2) is 6.69. The van der Waals surface area contributed by atoms with Crippen LogP contribution < -0.4 is 0 Å². The maximum absolute atomic E-state index is 12.2. The molecule has 1 heterocycles. The topological polar surface area (TPSA) is 49.8 Å². The van der Waals surface area contributed by atoms with Crippen molar-refractivity contribution in [2.75, 3.05) is 19.7 Å². The Balaban J connectivity index is 2.06. The standard InChI is InChI=1S/C18H27NO3/c1-17(2,3)22-16(21)19-12-9-18(10-13-19,11-14-20)15-7-5-4-6-8-15/h4-8,20H,9-14H2,1-3H3. The number of piperidine rings is 1. The maximum Gasteiger partial charge on any atom is 0.410 e. The number of nitrogens with zero attached hydrogens (tertiary/aromatic N) is 1. The molecule has 0 atom stereocenters. The average Bonchev–Trinajstić information content (AvgIpc) is 2.47. The molecule has 1 N–H and O–H groups in total. The summed E-state index contributed by atoms with van der Waals surface area (Å²) in [7, 11) is 0. The van der Waals surface area contributed by atoms with E-state index in [9.17, 15) is 9.90 Å². The summed E-state index contributed by atoms with van der Waals surface area (Å²) >= 11 is 0. The number of aliphatic hydroxyl groups excluding tert-OH is 1. The van der Waals surface area contributed by atoms with Gasteiger partial charge in [-0.1, -0.05) is 30.3 Å². The van der Waals surface area contributed by atoms with Gasteiger partial charge < -0.3 is 14.7 Å². The molecule has 22 heavy (non-hydrogen) atoms. The van der Waals surface area contributed by atoms with Gasteiger partial charge in [0.25, 0.3) is 0 Å². The Morgan fingerprint density at radius 1 is 1.23 bits per heavy atom. The van der Waals surface area contributed by atoms with Crippen molar-refractivity contribution < 1.29 is 14.6 Å². The normalized spacial score (nSPS) is 18.1. The van der Waals surface area contributed by atoms with E-state index in [1.54, 1.807) is 4.90 Å². The third-order valence-corrected chi connectivity index (χ3v) is 4.35. The quantitative estimate of drug-likeness (QED) is 0.932. The number of ether oxygens (including phenoxy) is 1. The fourth-order valence-corrected chi connectivity index (χ4v) is 3.13. The Morgan fingerprint density at radius 2 is 1.82 bits per heavy atom. The van der Waals surface area contributed by atoms with E-state index in [0.29, 0.717) is 13.1 Å². The molecule has 2 rings (SSSR count). The highest BCUT2D eigenvalue weighted by Crippen LogP contribution is 2.38. The summed E-state index contributed by atoms with van der Waals surface area (Å²) in [5.74, 6) is 0. The van der Waals surface area contributed by atoms with E-state index >= 15 is 0 Å². The van der Waals surface area contributed by atoms with Gasteiger partial charge in [-0.15, -0.1) is 0 Å². The van der Waals surface area contributed by atoms with Crippen LogP contribution in [-0.2, 0) is 10.2 Å². The molecule has 1 saturated heterocycles. The number of aliphatic hydroxyl groups is 1. The van der Waals surface area contributed by atoms with Crippen LogP contribution in [0.3, 0.4) is 0 Å². The Kier molecular flexibility index (Phi) is 5.12. The number of carbonyl (C=O) groups excluding carboxylic acids is 1. The van der Waals surface area contributed by atoms with E-state index in [2.05, 4.69) is 12.1 Å². The van der Waals surface area contributed by atoms with Crippen LogP contribution in [0.1, 0.15) is 45.6 Å². The van der Waals surface area contributed by atoms with Gasteiger partial charge in [-0.05, 0) is 45.6 Å². The second-order valence-electron chi connectivity index (χ2n) is 7.09. The molecule has 1 aliphatic rings. The lowest BCUT2D eigenvalue weighted by molar-refractivity contribution is 0.0150. The summed E-state index contributed by atoms with van der Waals surface area (Å²) in [6.45, 7) is 7.16. The van der Waals surface area contributed by atoms with Crippen molar-refractivity contribution in [3.05, 3.63) is 35.9 Å². The van der Waals surface area contributed by atoms with Crippen LogP contribution >= 0.6 is 0 Å². The van der Waals surface area contributed by atoms with Gasteiger partial charge in [0.1, 0.15) is 5.60 Å². The van der Waals surface area contributed by atoms with Crippen molar-refractivity contribution in [1.82, 2.24) is 4.90 Å². The van der Waals surface area contributed by atoms with Gasteiger partial charge in [0, 0.05) is 25.1 Å². The summed E-state index contributed by atoms with van der Waals surface area (Å²) in [5.41, 5.74) is 0.762. The number of carbonyl (C=O) groups is 1. The zero-order valence-corrected chi connectivity index (χ0v) is 13.8. The van der Waals surface area contributed by atoms with Crippen molar-refractivity contribution in [1.29, 1.82) is 0 Å². The lowest BCUT2D eigenvalue weighted by atomic mass is 9.70. The van der Waals surface area contributed by atoms with E-state index in [1.807, 2.05) is 39.0 Å². The zero-order chi connectivity index (χ0) is 16.2. The number of benzene rings is 1. The van der Waals surface area contributed by atoms with Crippen LogP contribution in [0.2, 0.25) is 0 Å². The van der Waals surface area contributed by atoms with E-state index < -0.39 is 5.60 Å². The van der Waals surface area contributed by atoms with E-state index in [4.69, 9.17) is 4.74 Å². The number of amides is 1. The summed E-state index contributed by atoms with van der Waals surface area (Å²) in [6.07, 6.45) is 2.21. The number of likely N-dealkylation sites (tertiary alicyclic amines) is 1. The van der Waals surface area contributed by atoms with Gasteiger partial charge in [0.05, 0.1) is 0 Å². The largest absolute Gasteiger partial charge is 0.444 e. The predicted molar refractivity (Wildman–Crippen MR) is 86.9 cm³/mol. The van der Waals surface area contributed by atoms with Crippen molar-refractivity contribution in [2.45, 2.75) is 51.0 Å². The lowest BCUT2D eigenvalue weighted by Crippen LogP contribution is -2.47. The lowest BCUT2D eigenvalue weighted by Gasteiger charge is -2.42. The molecule has 4 heteroatoms. The molecule has 0 radical (unpaired) electrons. The molecule has 1 amide bonds. The van der Waals surface area contributed by atoms with Gasteiger partial charge in [0.2, 0.25) is 0 Å². The molecule has 0 unspecified atom stereocenters. The van der Waals surface area contributed by atoms with Crippen LogP contribution in [0.25, 0.3) is 0 Å². The van der Waals surface area contributed by atoms with Gasteiger partial charge >= 0.3 is 6.09 Å². The Labute approximate surface area is 133 Å². The van der Waals surface area contributed by atoms with Crippen LogP contribution in [0.15, 0.2) is 30.3 Å². The van der Waals surface area contributed by atoms with Gasteiger partial charge in [-0.25, -0.2) is 4.79 Å². The van der Waals surface area contributed by atoms with Crippen molar-refractivity contribution in [2.24, 2.45) is 0 Å². The first-order valence-corrected chi connectivity index (χ1v) is 8.01. The number of hydrogen-bond acceptors (Lipinski definition) is 3. The molecule has 0 spiro atoms. The SMILES string of the molecule is CC(C)(C)OC(=O)N1CCC(CCO)(c2ccccc2)CC1. The maximum atomic E-state index is 12.2. The van der Waals surface area contributed by atoms with Crippen LogP contribution in [0, 0.1) is 0 Å². The van der Waals surface area contributed by atoms with Crippen LogP contribution in [0.4, 0.5) is 4.79 Å². The molecule has 1 aliphatic heterocycles. The van der Waals surface area contributed by atoms with Gasteiger partial charge in [0.15, 0.2) is 0 Å². The molecule has 1 fully saturated rings. The van der Waals surface area contributed by atoms with Crippen LogP contribution in [-0.4, -0.2) is 41.4 Å². The molecule has 1 aromatic carbocycles. The third kappa shape index (κ3) is 4.01. The van der Waals surface area contributed by atoms with E-state index in [-0.39, 0.29) is 18.1 Å². The van der Waals surface area contributed by atoms with Gasteiger partial charge in [-0.2, -0.15) is 0 Å². The second-order valence-corrected chi connectivity index (χ2v) is 7.09. The minimum atomic E-state index is -0.462. The fourth-order valence-electron chi connectivity index (χ4n) is 3.13. The number of rotatable bonds is 3. The van der Waals surface area contributed by atoms with Crippen molar-refractivity contribution in [3.63, 3.8) is 0 Å². The van der Waals surface area contributed by atoms with Gasteiger partial charge in [-0.3, -0.25) is 0 Å². The molecular formula is C18H27NO3. The summed E-state index contributed by atoms with van der Waals surface area (Å²) < 4.78 is 5.45. The Hall–Kier alpha value is -1.55.